The molecule has 0 unspecified atom stereocenters. The molecule has 0 spiro atoms. The molecule has 0 bridgehead atoms. The lowest BCUT2D eigenvalue weighted by atomic mass is 10.2. The Morgan fingerprint density at radius 3 is 2.89 bits per heavy atom. The summed E-state index contributed by atoms with van der Waals surface area (Å²) in [6.07, 6.45) is 3.12. The van der Waals surface area contributed by atoms with E-state index in [0.717, 1.165) is 43.7 Å². The fourth-order valence-electron chi connectivity index (χ4n) is 2.18. The minimum atomic E-state index is 0.713. The second kappa shape index (κ2) is 6.52. The molecule has 0 radical (unpaired) electrons. The van der Waals surface area contributed by atoms with E-state index in [1.54, 1.807) is 7.11 Å². The molecule has 98 valence electrons. The Morgan fingerprint density at radius 2 is 2.11 bits per heavy atom. The highest BCUT2D eigenvalue weighted by atomic mass is 16.5. The number of hydrogen-bond donors (Lipinski definition) is 1. The molecule has 0 aliphatic rings. The monoisotopic (exact) mass is 247 g/mol. The van der Waals surface area contributed by atoms with Gasteiger partial charge in [0.05, 0.1) is 17.6 Å². The van der Waals surface area contributed by atoms with Gasteiger partial charge in [0, 0.05) is 20.1 Å². The van der Waals surface area contributed by atoms with Crippen LogP contribution in [0.3, 0.4) is 0 Å². The van der Waals surface area contributed by atoms with E-state index >= 15 is 0 Å². The van der Waals surface area contributed by atoms with Crippen LogP contribution in [0.2, 0.25) is 0 Å². The first-order chi connectivity index (χ1) is 8.86. The number of nitrogens with zero attached hydrogens (tertiary/aromatic N) is 2. The van der Waals surface area contributed by atoms with Crippen molar-refractivity contribution < 1.29 is 4.74 Å². The van der Waals surface area contributed by atoms with Gasteiger partial charge in [-0.3, -0.25) is 0 Å². The minimum Gasteiger partial charge on any atom is -0.383 e. The smallest absolute Gasteiger partial charge is 0.109 e. The van der Waals surface area contributed by atoms with Gasteiger partial charge < -0.3 is 15.0 Å². The van der Waals surface area contributed by atoms with Crippen LogP contribution in [0.15, 0.2) is 24.3 Å². The number of imidazole rings is 1. The molecule has 0 fully saturated rings. The molecule has 4 nitrogen and oxygen atoms in total. The fraction of sp³-hybridized carbons (Fsp3) is 0.500. The number of benzene rings is 1. The summed E-state index contributed by atoms with van der Waals surface area (Å²) in [6, 6.07) is 8.26. The summed E-state index contributed by atoms with van der Waals surface area (Å²) in [6.45, 7) is 2.32. The number of unbranched alkanes of at least 4 members (excludes halogenated alkanes) is 1. The van der Waals surface area contributed by atoms with Crippen LogP contribution < -0.4 is 5.73 Å². The van der Waals surface area contributed by atoms with E-state index < -0.39 is 0 Å². The van der Waals surface area contributed by atoms with Gasteiger partial charge in [-0.1, -0.05) is 12.1 Å². The van der Waals surface area contributed by atoms with E-state index in [1.807, 2.05) is 6.07 Å². The van der Waals surface area contributed by atoms with Gasteiger partial charge in [0.2, 0.25) is 0 Å². The van der Waals surface area contributed by atoms with Gasteiger partial charge in [-0.2, -0.15) is 0 Å². The van der Waals surface area contributed by atoms with Crippen LogP contribution in [0.1, 0.15) is 18.7 Å². The van der Waals surface area contributed by atoms with Gasteiger partial charge >= 0.3 is 0 Å². The number of hydrogen-bond acceptors (Lipinski definition) is 3. The lowest BCUT2D eigenvalue weighted by Crippen LogP contribution is -2.09. The van der Waals surface area contributed by atoms with Gasteiger partial charge in [-0.05, 0) is 31.5 Å². The van der Waals surface area contributed by atoms with Crippen molar-refractivity contribution in [1.29, 1.82) is 0 Å². The second-order valence-electron chi connectivity index (χ2n) is 4.41. The maximum atomic E-state index is 5.54. The van der Waals surface area contributed by atoms with Crippen molar-refractivity contribution in [3.8, 4) is 0 Å². The molecule has 1 aromatic carbocycles. The number of para-hydroxylation sites is 2. The van der Waals surface area contributed by atoms with Crippen molar-refractivity contribution in [1.82, 2.24) is 9.55 Å². The van der Waals surface area contributed by atoms with Crippen LogP contribution in [-0.4, -0.2) is 29.8 Å². The van der Waals surface area contributed by atoms with Crippen molar-refractivity contribution in [3.05, 3.63) is 30.1 Å². The maximum absolute atomic E-state index is 5.54. The van der Waals surface area contributed by atoms with E-state index in [9.17, 15) is 0 Å². The Hall–Kier alpha value is -1.39. The summed E-state index contributed by atoms with van der Waals surface area (Å²) in [5.41, 5.74) is 7.80. The normalized spacial score (nSPS) is 11.2. The second-order valence-corrected chi connectivity index (χ2v) is 4.41. The zero-order valence-electron chi connectivity index (χ0n) is 10.9. The molecule has 1 aromatic heterocycles. The van der Waals surface area contributed by atoms with Crippen LogP contribution >= 0.6 is 0 Å². The summed E-state index contributed by atoms with van der Waals surface area (Å²) in [4.78, 5) is 4.70. The number of aryl methyl sites for hydroxylation is 1. The highest BCUT2D eigenvalue weighted by Crippen LogP contribution is 2.17. The predicted octanol–water partition coefficient (Wildman–Crippen LogP) is 1.96. The molecule has 2 aromatic rings. The first-order valence-corrected chi connectivity index (χ1v) is 6.50. The van der Waals surface area contributed by atoms with E-state index in [0.29, 0.717) is 6.61 Å². The molecule has 0 aliphatic heterocycles. The predicted molar refractivity (Wildman–Crippen MR) is 73.6 cm³/mol. The topological polar surface area (TPSA) is 53.1 Å². The van der Waals surface area contributed by atoms with Crippen LogP contribution in [0.4, 0.5) is 0 Å². The van der Waals surface area contributed by atoms with E-state index in [4.69, 9.17) is 15.5 Å². The third-order valence-corrected chi connectivity index (χ3v) is 3.11. The number of rotatable bonds is 7. The maximum Gasteiger partial charge on any atom is 0.109 e. The van der Waals surface area contributed by atoms with E-state index in [2.05, 4.69) is 22.8 Å². The molecular formula is C14H21N3O. The van der Waals surface area contributed by atoms with E-state index in [1.165, 1.54) is 5.52 Å². The Labute approximate surface area is 108 Å². The largest absolute Gasteiger partial charge is 0.383 e. The summed E-state index contributed by atoms with van der Waals surface area (Å²) >= 11 is 0. The summed E-state index contributed by atoms with van der Waals surface area (Å²) in [5, 5.41) is 0. The van der Waals surface area contributed by atoms with Gasteiger partial charge in [-0.25, -0.2) is 4.98 Å². The first kappa shape index (κ1) is 13.1. The Kier molecular flexibility index (Phi) is 4.73. The van der Waals surface area contributed by atoms with Gasteiger partial charge in [0.25, 0.3) is 0 Å². The van der Waals surface area contributed by atoms with Crippen molar-refractivity contribution in [2.24, 2.45) is 5.73 Å². The molecule has 0 atom stereocenters. The zero-order chi connectivity index (χ0) is 12.8. The number of aromatic nitrogens is 2. The number of methoxy groups -OCH3 is 1. The Bertz CT molecular complexity index is 493. The van der Waals surface area contributed by atoms with Gasteiger partial charge in [0.15, 0.2) is 0 Å². The Morgan fingerprint density at radius 1 is 1.28 bits per heavy atom. The Balaban J connectivity index is 2.25. The molecule has 4 heteroatoms. The zero-order valence-corrected chi connectivity index (χ0v) is 10.9. The average Bonchev–Trinajstić information content (AvgIpc) is 2.74. The number of fused-ring (bicyclic) bond motifs is 1. The molecule has 1 heterocycles. The summed E-state index contributed by atoms with van der Waals surface area (Å²) < 4.78 is 7.44. The number of nitrogens with two attached hydrogens (primary N) is 1. The van der Waals surface area contributed by atoms with Crippen molar-refractivity contribution >= 4 is 11.0 Å². The number of ether oxygens (including phenoxy) is 1. The quantitative estimate of drug-likeness (QED) is 0.761. The third-order valence-electron chi connectivity index (χ3n) is 3.11. The molecular weight excluding hydrogens is 226 g/mol. The fourth-order valence-corrected chi connectivity index (χ4v) is 2.18. The lowest BCUT2D eigenvalue weighted by molar-refractivity contribution is 0.187. The molecule has 18 heavy (non-hydrogen) atoms. The van der Waals surface area contributed by atoms with Crippen LogP contribution in [-0.2, 0) is 17.7 Å². The minimum absolute atomic E-state index is 0.713. The summed E-state index contributed by atoms with van der Waals surface area (Å²) in [7, 11) is 1.73. The lowest BCUT2D eigenvalue weighted by Gasteiger charge is -2.08. The van der Waals surface area contributed by atoms with Crippen molar-refractivity contribution in [2.45, 2.75) is 25.8 Å². The SMILES string of the molecule is COCCn1c(CCCCN)nc2ccccc21. The molecule has 0 amide bonds. The van der Waals surface area contributed by atoms with Gasteiger partial charge in [0.1, 0.15) is 5.82 Å². The average molecular weight is 247 g/mol. The molecule has 2 rings (SSSR count). The van der Waals surface area contributed by atoms with Gasteiger partial charge in [-0.15, -0.1) is 0 Å². The van der Waals surface area contributed by atoms with Crippen LogP contribution in [0.5, 0.6) is 0 Å². The molecule has 2 N–H and O–H groups in total. The first-order valence-electron chi connectivity index (χ1n) is 6.50. The third kappa shape index (κ3) is 2.89. The standard InChI is InChI=1S/C14H21N3O/c1-18-11-10-17-13-7-3-2-6-12(13)16-14(17)8-4-5-9-15/h2-3,6-7H,4-5,8-11,15H2,1H3. The van der Waals surface area contributed by atoms with Crippen molar-refractivity contribution in [2.75, 3.05) is 20.3 Å². The summed E-state index contributed by atoms with van der Waals surface area (Å²) in [5.74, 6) is 1.14. The molecule has 0 aliphatic carbocycles. The molecule has 0 saturated carbocycles. The highest BCUT2D eigenvalue weighted by molar-refractivity contribution is 5.75. The van der Waals surface area contributed by atoms with Crippen molar-refractivity contribution in [3.63, 3.8) is 0 Å². The highest BCUT2D eigenvalue weighted by Gasteiger charge is 2.09. The molecule has 0 saturated heterocycles. The van der Waals surface area contributed by atoms with E-state index in [-0.39, 0.29) is 0 Å². The van der Waals surface area contributed by atoms with Crippen LogP contribution in [0, 0.1) is 0 Å². The van der Waals surface area contributed by atoms with Crippen LogP contribution in [0.25, 0.3) is 11.0 Å².